The summed E-state index contributed by atoms with van der Waals surface area (Å²) < 4.78 is 0. The molecule has 0 saturated heterocycles. The highest BCUT2D eigenvalue weighted by atomic mass is 16.4. The summed E-state index contributed by atoms with van der Waals surface area (Å²) in [5, 5.41) is 35.1. The summed E-state index contributed by atoms with van der Waals surface area (Å²) >= 11 is 0. The van der Waals surface area contributed by atoms with Gasteiger partial charge in [0.15, 0.2) is 0 Å². The number of carboxylic acid groups (broad SMARTS) is 3. The first-order valence-corrected chi connectivity index (χ1v) is 13.1. The SMILES string of the molecule is CN(CCC1CNc2nc(N)nc(N)c21)c1ccc(C(=O)N[C@@H](CCC(=O)N[C@@H](CCC(=O)O)C(=O)O)C(=O)O)cc1. The van der Waals surface area contributed by atoms with E-state index in [0.717, 1.165) is 17.7 Å². The predicted octanol–water partition coefficient (Wildman–Crippen LogP) is 0.0740. The zero-order valence-corrected chi connectivity index (χ0v) is 22.9. The maximum Gasteiger partial charge on any atom is 0.326 e. The van der Waals surface area contributed by atoms with E-state index in [2.05, 4.69) is 25.9 Å². The van der Waals surface area contributed by atoms with Gasteiger partial charge in [-0.05, 0) is 43.5 Å². The van der Waals surface area contributed by atoms with E-state index in [9.17, 15) is 29.1 Å². The van der Waals surface area contributed by atoms with Crippen molar-refractivity contribution in [2.24, 2.45) is 0 Å². The van der Waals surface area contributed by atoms with Crippen molar-refractivity contribution in [2.45, 2.75) is 50.1 Å². The van der Waals surface area contributed by atoms with E-state index in [1.54, 1.807) is 24.3 Å². The summed E-state index contributed by atoms with van der Waals surface area (Å²) in [5.74, 6) is -4.24. The molecule has 0 spiro atoms. The zero-order chi connectivity index (χ0) is 31.0. The maximum atomic E-state index is 12.7. The minimum absolute atomic E-state index is 0.0999. The zero-order valence-electron chi connectivity index (χ0n) is 22.9. The highest BCUT2D eigenvalue weighted by Gasteiger charge is 2.28. The second-order valence-corrected chi connectivity index (χ2v) is 9.86. The Labute approximate surface area is 240 Å². The lowest BCUT2D eigenvalue weighted by Crippen LogP contribution is -2.44. The lowest BCUT2D eigenvalue weighted by atomic mass is 9.99. The van der Waals surface area contributed by atoms with Crippen LogP contribution in [0, 0.1) is 0 Å². The molecule has 0 fully saturated rings. The molecule has 3 atom stereocenters. The molecule has 226 valence electrons. The first-order valence-electron chi connectivity index (χ1n) is 13.1. The summed E-state index contributed by atoms with van der Waals surface area (Å²) in [6, 6.07) is 3.70. The van der Waals surface area contributed by atoms with Gasteiger partial charge in [0.1, 0.15) is 23.7 Å². The number of aliphatic carboxylic acids is 3. The van der Waals surface area contributed by atoms with Crippen molar-refractivity contribution >= 4 is 53.0 Å². The van der Waals surface area contributed by atoms with Crippen LogP contribution in [0.5, 0.6) is 0 Å². The molecule has 0 radical (unpaired) electrons. The average molecular weight is 587 g/mol. The van der Waals surface area contributed by atoms with Crippen molar-refractivity contribution in [3.05, 3.63) is 35.4 Å². The molecule has 16 heteroatoms. The van der Waals surface area contributed by atoms with E-state index in [1.807, 2.05) is 11.9 Å². The van der Waals surface area contributed by atoms with Crippen LogP contribution in [0.15, 0.2) is 24.3 Å². The van der Waals surface area contributed by atoms with Crippen molar-refractivity contribution in [2.75, 3.05) is 41.8 Å². The number of hydrogen-bond donors (Lipinski definition) is 8. The molecule has 0 bridgehead atoms. The van der Waals surface area contributed by atoms with Gasteiger partial charge in [0.05, 0.1) is 0 Å². The topological polar surface area (TPSA) is 263 Å². The number of nitrogen functional groups attached to an aromatic ring is 2. The van der Waals surface area contributed by atoms with Crippen LogP contribution in [0.1, 0.15) is 53.9 Å². The van der Waals surface area contributed by atoms with Crippen molar-refractivity contribution in [3.8, 4) is 0 Å². The van der Waals surface area contributed by atoms with Gasteiger partial charge in [0.2, 0.25) is 11.9 Å². The molecule has 2 amide bonds. The molecule has 2 heterocycles. The Balaban J connectivity index is 1.51. The largest absolute Gasteiger partial charge is 0.481 e. The number of amides is 2. The molecule has 2 aromatic rings. The fourth-order valence-corrected chi connectivity index (χ4v) is 4.52. The fourth-order valence-electron chi connectivity index (χ4n) is 4.52. The second kappa shape index (κ2) is 14.0. The third kappa shape index (κ3) is 8.42. The number of nitrogens with one attached hydrogen (secondary N) is 3. The highest BCUT2D eigenvalue weighted by molar-refractivity contribution is 5.97. The molecule has 16 nitrogen and oxygen atoms in total. The Morgan fingerprint density at radius 2 is 1.60 bits per heavy atom. The van der Waals surface area contributed by atoms with Gasteiger partial charge < -0.3 is 47.6 Å². The summed E-state index contributed by atoms with van der Waals surface area (Å²) in [5.41, 5.74) is 13.6. The number of benzene rings is 1. The van der Waals surface area contributed by atoms with Gasteiger partial charge in [-0.25, -0.2) is 9.59 Å². The van der Waals surface area contributed by atoms with Gasteiger partial charge in [0.25, 0.3) is 5.91 Å². The van der Waals surface area contributed by atoms with Crippen LogP contribution in [0.3, 0.4) is 0 Å². The molecule has 1 aliphatic rings. The van der Waals surface area contributed by atoms with Gasteiger partial charge in [-0.3, -0.25) is 14.4 Å². The number of anilines is 4. The third-order valence-corrected chi connectivity index (χ3v) is 6.84. The number of nitrogens with zero attached hydrogens (tertiary/aromatic N) is 3. The van der Waals surface area contributed by atoms with Crippen molar-refractivity contribution in [3.63, 3.8) is 0 Å². The Bertz CT molecular complexity index is 1340. The fraction of sp³-hybridized carbons (Fsp3) is 0.423. The van der Waals surface area contributed by atoms with Crippen LogP contribution in [0.2, 0.25) is 0 Å². The molecule has 1 aromatic carbocycles. The molecular formula is C26H34N8O8. The lowest BCUT2D eigenvalue weighted by molar-refractivity contribution is -0.143. The molecule has 42 heavy (non-hydrogen) atoms. The quantitative estimate of drug-likeness (QED) is 0.137. The number of aromatic nitrogens is 2. The lowest BCUT2D eigenvalue weighted by Gasteiger charge is -2.22. The molecule has 0 saturated carbocycles. The van der Waals surface area contributed by atoms with Crippen LogP contribution in [0.4, 0.5) is 23.3 Å². The first-order chi connectivity index (χ1) is 19.8. The number of nitrogens with two attached hydrogens (primary N) is 2. The summed E-state index contributed by atoms with van der Waals surface area (Å²) in [6.07, 6.45) is -0.751. The second-order valence-electron chi connectivity index (χ2n) is 9.86. The summed E-state index contributed by atoms with van der Waals surface area (Å²) in [7, 11) is 1.89. The van der Waals surface area contributed by atoms with Crippen LogP contribution in [-0.2, 0) is 19.2 Å². The molecule has 3 rings (SSSR count). The molecule has 1 aliphatic heterocycles. The van der Waals surface area contributed by atoms with Crippen LogP contribution in [0.25, 0.3) is 0 Å². The predicted molar refractivity (Wildman–Crippen MR) is 151 cm³/mol. The normalized spacial score (nSPS) is 15.0. The van der Waals surface area contributed by atoms with Gasteiger partial charge in [-0.1, -0.05) is 0 Å². The Hall–Kier alpha value is -5.15. The van der Waals surface area contributed by atoms with Crippen molar-refractivity contribution < 1.29 is 39.3 Å². The Kier molecular flexibility index (Phi) is 10.4. The number of rotatable bonds is 15. The maximum absolute atomic E-state index is 12.7. The minimum Gasteiger partial charge on any atom is -0.481 e. The van der Waals surface area contributed by atoms with Gasteiger partial charge in [0, 0.05) is 55.7 Å². The first kappa shape index (κ1) is 31.4. The van der Waals surface area contributed by atoms with E-state index in [4.69, 9.17) is 21.7 Å². The van der Waals surface area contributed by atoms with Crippen LogP contribution < -0.4 is 32.3 Å². The van der Waals surface area contributed by atoms with E-state index in [0.29, 0.717) is 24.7 Å². The Morgan fingerprint density at radius 3 is 2.21 bits per heavy atom. The number of carboxylic acids is 3. The summed E-state index contributed by atoms with van der Waals surface area (Å²) in [6.45, 7) is 1.31. The van der Waals surface area contributed by atoms with E-state index in [1.165, 1.54) is 0 Å². The molecule has 10 N–H and O–H groups in total. The van der Waals surface area contributed by atoms with Crippen molar-refractivity contribution in [1.29, 1.82) is 0 Å². The van der Waals surface area contributed by atoms with Crippen LogP contribution >= 0.6 is 0 Å². The number of hydrogen-bond acceptors (Lipinski definition) is 11. The average Bonchev–Trinajstić information content (AvgIpc) is 3.34. The van der Waals surface area contributed by atoms with Gasteiger partial charge in [-0.2, -0.15) is 9.97 Å². The Morgan fingerprint density at radius 1 is 0.976 bits per heavy atom. The monoisotopic (exact) mass is 586 g/mol. The molecular weight excluding hydrogens is 552 g/mol. The highest BCUT2D eigenvalue weighted by Crippen LogP contribution is 2.36. The third-order valence-electron chi connectivity index (χ3n) is 6.84. The van der Waals surface area contributed by atoms with E-state index < -0.39 is 54.6 Å². The van der Waals surface area contributed by atoms with Gasteiger partial charge in [-0.15, -0.1) is 0 Å². The van der Waals surface area contributed by atoms with E-state index >= 15 is 0 Å². The number of fused-ring (bicyclic) bond motifs is 1. The van der Waals surface area contributed by atoms with Gasteiger partial charge >= 0.3 is 17.9 Å². The smallest absolute Gasteiger partial charge is 0.326 e. The molecule has 1 unspecified atom stereocenters. The minimum atomic E-state index is -1.43. The number of carbonyl (C=O) groups excluding carboxylic acids is 2. The standard InChI is InChI=1S/C26H34N8O8/c1-34(11-10-14-12-29-22-20(14)21(27)32-26(28)33-22)15-4-2-13(3-5-15)23(38)31-17(25(41)42)6-8-18(35)30-16(24(39)40)7-9-19(36)37/h2-5,14,16-17H,6-12H2,1H3,(H,30,35)(H,31,38)(H,36,37)(H,39,40)(H,41,42)(H5,27,28,29,32,33)/t14?,16-,17-/m0/s1. The summed E-state index contributed by atoms with van der Waals surface area (Å²) in [4.78, 5) is 68.7. The molecule has 0 aliphatic carbocycles. The van der Waals surface area contributed by atoms with Crippen LogP contribution in [-0.4, -0.2) is 87.2 Å². The molecule has 1 aromatic heterocycles. The van der Waals surface area contributed by atoms with E-state index in [-0.39, 0.29) is 30.3 Å². The number of carbonyl (C=O) groups is 5. The van der Waals surface area contributed by atoms with Crippen molar-refractivity contribution in [1.82, 2.24) is 20.6 Å².